The van der Waals surface area contributed by atoms with Crippen molar-refractivity contribution in [2.75, 3.05) is 6.54 Å². The van der Waals surface area contributed by atoms with E-state index in [1.165, 1.54) is 0 Å². The third-order valence-corrected chi connectivity index (χ3v) is 4.39. The predicted molar refractivity (Wildman–Crippen MR) is 68.5 cm³/mol. The molecule has 21 heavy (non-hydrogen) atoms. The van der Waals surface area contributed by atoms with Crippen molar-refractivity contribution in [1.82, 2.24) is 4.72 Å². The second kappa shape index (κ2) is 6.63. The van der Waals surface area contributed by atoms with Gasteiger partial charge in [0.1, 0.15) is 4.90 Å². The summed E-state index contributed by atoms with van der Waals surface area (Å²) in [4.78, 5) is 9.23. The summed E-state index contributed by atoms with van der Waals surface area (Å²) >= 11 is 5.57. The Morgan fingerprint density at radius 3 is 2.48 bits per heavy atom. The normalized spacial score (nSPS) is 12.4. The number of aliphatic carboxylic acids is 1. The summed E-state index contributed by atoms with van der Waals surface area (Å²) in [7, 11) is -4.50. The van der Waals surface area contributed by atoms with Crippen LogP contribution in [0.1, 0.15) is 18.4 Å². The molecule has 118 valence electrons. The molecule has 5 nitrogen and oxygen atoms in total. The molecule has 0 fully saturated rings. The standard InChI is InChI=1S/C11H11ClF3NO4S/c12-8-4-1-3-7(11(13,14)15)10(8)21(19,20)16-6-2-5-9(17)18/h1,3-4,16H,2,5-6H2,(H,17,18). The average Bonchev–Trinajstić information content (AvgIpc) is 2.33. The van der Waals surface area contributed by atoms with Crippen molar-refractivity contribution in [2.45, 2.75) is 23.9 Å². The van der Waals surface area contributed by atoms with E-state index < -0.39 is 37.7 Å². The zero-order chi connectivity index (χ0) is 16.3. The number of halogens is 4. The lowest BCUT2D eigenvalue weighted by molar-refractivity contribution is -0.140. The van der Waals surface area contributed by atoms with E-state index in [2.05, 4.69) is 0 Å². The monoisotopic (exact) mass is 345 g/mol. The topological polar surface area (TPSA) is 83.5 Å². The Morgan fingerprint density at radius 1 is 1.33 bits per heavy atom. The molecule has 0 spiro atoms. The number of benzene rings is 1. The van der Waals surface area contributed by atoms with Crippen molar-refractivity contribution in [3.05, 3.63) is 28.8 Å². The summed E-state index contributed by atoms with van der Waals surface area (Å²) in [5.74, 6) is -1.14. The van der Waals surface area contributed by atoms with Crippen LogP contribution < -0.4 is 4.72 Å². The first-order valence-corrected chi connectivity index (χ1v) is 7.49. The summed E-state index contributed by atoms with van der Waals surface area (Å²) < 4.78 is 64.2. The van der Waals surface area contributed by atoms with E-state index in [9.17, 15) is 26.4 Å². The highest BCUT2D eigenvalue weighted by atomic mass is 35.5. The zero-order valence-corrected chi connectivity index (χ0v) is 12.0. The molecule has 0 unspecified atom stereocenters. The minimum atomic E-state index is -4.88. The number of carboxylic acids is 1. The van der Waals surface area contributed by atoms with Crippen molar-refractivity contribution in [2.24, 2.45) is 0 Å². The Hall–Kier alpha value is -1.32. The van der Waals surface area contributed by atoms with E-state index in [1.807, 2.05) is 4.72 Å². The van der Waals surface area contributed by atoms with Gasteiger partial charge in [-0.05, 0) is 18.6 Å². The number of sulfonamides is 1. The van der Waals surface area contributed by atoms with Crippen molar-refractivity contribution >= 4 is 27.6 Å². The molecule has 1 aromatic rings. The van der Waals surface area contributed by atoms with Crippen LogP contribution in [0.4, 0.5) is 13.2 Å². The van der Waals surface area contributed by atoms with Crippen molar-refractivity contribution < 1.29 is 31.5 Å². The Morgan fingerprint density at radius 2 is 1.95 bits per heavy atom. The van der Waals surface area contributed by atoms with E-state index in [4.69, 9.17) is 16.7 Å². The summed E-state index contributed by atoms with van der Waals surface area (Å²) in [6.45, 7) is -0.308. The molecule has 0 bridgehead atoms. The fourth-order valence-corrected chi connectivity index (χ4v) is 3.36. The Bertz CT molecular complexity index is 631. The quantitative estimate of drug-likeness (QED) is 0.776. The van der Waals surface area contributed by atoms with Gasteiger partial charge < -0.3 is 5.11 Å². The first kappa shape index (κ1) is 17.7. The van der Waals surface area contributed by atoms with Crippen LogP contribution in [-0.2, 0) is 21.0 Å². The van der Waals surface area contributed by atoms with Crippen LogP contribution in [-0.4, -0.2) is 26.0 Å². The largest absolute Gasteiger partial charge is 0.481 e. The molecule has 0 aliphatic rings. The lowest BCUT2D eigenvalue weighted by Crippen LogP contribution is -2.28. The van der Waals surface area contributed by atoms with Crippen LogP contribution >= 0.6 is 11.6 Å². The molecule has 0 heterocycles. The van der Waals surface area contributed by atoms with E-state index in [1.54, 1.807) is 0 Å². The Balaban J connectivity index is 3.06. The minimum absolute atomic E-state index is 0.0552. The summed E-state index contributed by atoms with van der Waals surface area (Å²) in [6.07, 6.45) is -5.24. The van der Waals surface area contributed by atoms with Gasteiger partial charge in [0.25, 0.3) is 0 Å². The van der Waals surface area contributed by atoms with Gasteiger partial charge in [0.05, 0.1) is 10.6 Å². The molecular formula is C11H11ClF3NO4S. The van der Waals surface area contributed by atoms with Gasteiger partial charge in [-0.15, -0.1) is 0 Å². The number of nitrogens with one attached hydrogen (secondary N) is 1. The van der Waals surface area contributed by atoms with Gasteiger partial charge in [0.15, 0.2) is 0 Å². The van der Waals surface area contributed by atoms with E-state index in [-0.39, 0.29) is 19.4 Å². The fourth-order valence-electron chi connectivity index (χ4n) is 1.52. The summed E-state index contributed by atoms with van der Waals surface area (Å²) in [6, 6.07) is 2.63. The number of carbonyl (C=O) groups is 1. The molecule has 0 saturated carbocycles. The maximum absolute atomic E-state index is 12.8. The third-order valence-electron chi connectivity index (χ3n) is 2.40. The van der Waals surface area contributed by atoms with Crippen LogP contribution in [0.3, 0.4) is 0 Å². The van der Waals surface area contributed by atoms with Gasteiger partial charge in [-0.2, -0.15) is 13.2 Å². The molecule has 0 saturated heterocycles. The molecule has 0 aliphatic carbocycles. The fraction of sp³-hybridized carbons (Fsp3) is 0.364. The highest BCUT2D eigenvalue weighted by Gasteiger charge is 2.38. The van der Waals surface area contributed by atoms with Crippen molar-refractivity contribution in [1.29, 1.82) is 0 Å². The molecular weight excluding hydrogens is 335 g/mol. The SMILES string of the molecule is O=C(O)CCCNS(=O)(=O)c1c(Cl)cccc1C(F)(F)F. The van der Waals surface area contributed by atoms with Crippen LogP contribution in [0.15, 0.2) is 23.1 Å². The third kappa shape index (κ3) is 4.87. The molecule has 0 amide bonds. The van der Waals surface area contributed by atoms with E-state index in [0.29, 0.717) is 6.07 Å². The molecule has 1 rings (SSSR count). The van der Waals surface area contributed by atoms with E-state index >= 15 is 0 Å². The molecule has 1 aromatic carbocycles. The highest BCUT2D eigenvalue weighted by Crippen LogP contribution is 2.37. The van der Waals surface area contributed by atoms with Gasteiger partial charge in [-0.25, -0.2) is 13.1 Å². The average molecular weight is 346 g/mol. The predicted octanol–water partition coefficient (Wildman–Crippen LogP) is 2.50. The maximum Gasteiger partial charge on any atom is 0.417 e. The van der Waals surface area contributed by atoms with Crippen LogP contribution in [0.5, 0.6) is 0 Å². The van der Waals surface area contributed by atoms with Crippen molar-refractivity contribution in [3.63, 3.8) is 0 Å². The molecule has 2 N–H and O–H groups in total. The van der Waals surface area contributed by atoms with Crippen molar-refractivity contribution in [3.8, 4) is 0 Å². The Kier molecular flexibility index (Phi) is 5.60. The van der Waals surface area contributed by atoms with Gasteiger partial charge in [0.2, 0.25) is 10.0 Å². The second-order valence-corrected chi connectivity index (χ2v) is 6.12. The van der Waals surface area contributed by atoms with Gasteiger partial charge in [-0.3, -0.25) is 4.79 Å². The molecule has 0 atom stereocenters. The van der Waals surface area contributed by atoms with Gasteiger partial charge >= 0.3 is 12.1 Å². The zero-order valence-electron chi connectivity index (χ0n) is 10.4. The van der Waals surface area contributed by atoms with Gasteiger partial charge in [-0.1, -0.05) is 17.7 Å². The lowest BCUT2D eigenvalue weighted by Gasteiger charge is -2.15. The number of hydrogen-bond donors (Lipinski definition) is 2. The van der Waals surface area contributed by atoms with Crippen LogP contribution in [0.2, 0.25) is 5.02 Å². The van der Waals surface area contributed by atoms with Gasteiger partial charge in [0, 0.05) is 13.0 Å². The first-order chi connectivity index (χ1) is 9.55. The lowest BCUT2D eigenvalue weighted by atomic mass is 10.2. The maximum atomic E-state index is 12.8. The number of rotatable bonds is 6. The molecule has 0 aliphatic heterocycles. The minimum Gasteiger partial charge on any atom is -0.481 e. The molecule has 10 heteroatoms. The first-order valence-electron chi connectivity index (χ1n) is 5.63. The number of hydrogen-bond acceptors (Lipinski definition) is 3. The summed E-state index contributed by atoms with van der Waals surface area (Å²) in [5.41, 5.74) is -1.37. The Labute approximate surface area is 123 Å². The highest BCUT2D eigenvalue weighted by molar-refractivity contribution is 7.89. The van der Waals surface area contributed by atoms with Crippen LogP contribution in [0, 0.1) is 0 Å². The summed E-state index contributed by atoms with van der Waals surface area (Å²) in [5, 5.41) is 7.85. The van der Waals surface area contributed by atoms with Crippen LogP contribution in [0.25, 0.3) is 0 Å². The van der Waals surface area contributed by atoms with E-state index in [0.717, 1.165) is 12.1 Å². The smallest absolute Gasteiger partial charge is 0.417 e. The molecule has 0 radical (unpaired) electrons. The molecule has 0 aromatic heterocycles. The second-order valence-electron chi connectivity index (χ2n) is 4.01. The number of alkyl halides is 3. The number of carboxylic acid groups (broad SMARTS) is 1.